The van der Waals surface area contributed by atoms with Crippen molar-refractivity contribution in [3.63, 3.8) is 0 Å². The van der Waals surface area contributed by atoms with E-state index in [1.165, 1.54) is 6.07 Å². The lowest BCUT2D eigenvalue weighted by atomic mass is 10.1. The van der Waals surface area contributed by atoms with Gasteiger partial charge in [-0.1, -0.05) is 23.2 Å². The van der Waals surface area contributed by atoms with Crippen molar-refractivity contribution in [3.8, 4) is 0 Å². The highest BCUT2D eigenvalue weighted by Crippen LogP contribution is 2.34. The fraction of sp³-hybridized carbons (Fsp3) is 0.350. The second kappa shape index (κ2) is 9.89. The van der Waals surface area contributed by atoms with E-state index in [1.807, 2.05) is 16.3 Å². The number of hydrogen-bond donors (Lipinski definition) is 1. The molecule has 1 saturated heterocycles. The third kappa shape index (κ3) is 5.48. The standard InChI is InChI=1S/C20H22Cl2FN3O2S/c1-25(5-6-28-2)15-9-13(21)8-14(10-15)24-20(27)17-11-16(12-18(23)19(17)22)26-4-3-7-29-26/h8-12H,3-7H2,1-2H3,(H,24,27). The Morgan fingerprint density at radius 3 is 2.79 bits per heavy atom. The molecule has 2 aromatic carbocycles. The fourth-order valence-electron chi connectivity index (χ4n) is 2.96. The molecule has 156 valence electrons. The Bertz CT molecular complexity index is 894. The number of benzene rings is 2. The van der Waals surface area contributed by atoms with Crippen molar-refractivity contribution in [2.24, 2.45) is 0 Å². The van der Waals surface area contributed by atoms with Crippen LogP contribution in [0.2, 0.25) is 10.0 Å². The molecule has 0 aromatic heterocycles. The van der Waals surface area contributed by atoms with Crippen molar-refractivity contribution in [2.45, 2.75) is 6.42 Å². The van der Waals surface area contributed by atoms with E-state index in [9.17, 15) is 9.18 Å². The van der Waals surface area contributed by atoms with E-state index in [-0.39, 0.29) is 10.6 Å². The molecule has 1 heterocycles. The van der Waals surface area contributed by atoms with Crippen molar-refractivity contribution in [1.82, 2.24) is 0 Å². The van der Waals surface area contributed by atoms with Gasteiger partial charge in [-0.05, 0) is 48.7 Å². The molecule has 0 saturated carbocycles. The monoisotopic (exact) mass is 457 g/mol. The Labute approximate surface area is 184 Å². The fourth-order valence-corrected chi connectivity index (χ4v) is 4.37. The van der Waals surface area contributed by atoms with Gasteiger partial charge in [0.1, 0.15) is 5.82 Å². The third-order valence-corrected chi connectivity index (χ3v) is 6.29. The van der Waals surface area contributed by atoms with Gasteiger partial charge in [-0.15, -0.1) is 0 Å². The van der Waals surface area contributed by atoms with Crippen LogP contribution < -0.4 is 14.5 Å². The van der Waals surface area contributed by atoms with Crippen LogP contribution in [0.25, 0.3) is 0 Å². The van der Waals surface area contributed by atoms with Gasteiger partial charge in [-0.25, -0.2) is 4.39 Å². The molecule has 1 fully saturated rings. The van der Waals surface area contributed by atoms with Crippen molar-refractivity contribution in [3.05, 3.63) is 51.8 Å². The minimum absolute atomic E-state index is 0.0865. The molecule has 0 unspecified atom stereocenters. The Morgan fingerprint density at radius 1 is 1.31 bits per heavy atom. The van der Waals surface area contributed by atoms with E-state index in [2.05, 4.69) is 5.32 Å². The second-order valence-corrected chi connectivity index (χ2v) is 8.57. The first-order valence-electron chi connectivity index (χ1n) is 9.10. The second-order valence-electron chi connectivity index (χ2n) is 6.64. The van der Waals surface area contributed by atoms with Crippen LogP contribution in [0, 0.1) is 5.82 Å². The smallest absolute Gasteiger partial charge is 0.257 e. The first-order chi connectivity index (χ1) is 13.9. The molecule has 1 aliphatic rings. The molecule has 1 N–H and O–H groups in total. The highest BCUT2D eigenvalue weighted by atomic mass is 35.5. The van der Waals surface area contributed by atoms with E-state index in [0.717, 1.165) is 24.4 Å². The minimum atomic E-state index is -0.618. The Kier molecular flexibility index (Phi) is 7.51. The average Bonchev–Trinajstić information content (AvgIpc) is 3.22. The zero-order valence-electron chi connectivity index (χ0n) is 16.2. The molecule has 0 spiro atoms. The van der Waals surface area contributed by atoms with Gasteiger partial charge >= 0.3 is 0 Å². The van der Waals surface area contributed by atoms with Gasteiger partial charge in [0.2, 0.25) is 0 Å². The van der Waals surface area contributed by atoms with Crippen LogP contribution in [0.1, 0.15) is 16.8 Å². The summed E-state index contributed by atoms with van der Waals surface area (Å²) in [5.74, 6) is -0.145. The maximum atomic E-state index is 14.4. The highest BCUT2D eigenvalue weighted by Gasteiger charge is 2.21. The lowest BCUT2D eigenvalue weighted by molar-refractivity contribution is 0.102. The zero-order chi connectivity index (χ0) is 21.0. The van der Waals surface area contributed by atoms with E-state index in [1.54, 1.807) is 43.3 Å². The van der Waals surface area contributed by atoms with Crippen LogP contribution in [0.5, 0.6) is 0 Å². The molecular weight excluding hydrogens is 436 g/mol. The zero-order valence-corrected chi connectivity index (χ0v) is 18.5. The summed E-state index contributed by atoms with van der Waals surface area (Å²) in [5, 5.41) is 3.05. The summed E-state index contributed by atoms with van der Waals surface area (Å²) in [6.45, 7) is 2.02. The number of nitrogens with one attached hydrogen (secondary N) is 1. The number of anilines is 3. The van der Waals surface area contributed by atoms with Crippen LogP contribution in [-0.4, -0.2) is 45.5 Å². The van der Waals surface area contributed by atoms with Gasteiger partial charge in [0.15, 0.2) is 0 Å². The first kappa shape index (κ1) is 22.0. The molecule has 0 aliphatic carbocycles. The van der Waals surface area contributed by atoms with Crippen LogP contribution in [-0.2, 0) is 4.74 Å². The molecule has 29 heavy (non-hydrogen) atoms. The number of ether oxygens (including phenoxy) is 1. The third-order valence-electron chi connectivity index (χ3n) is 4.51. The number of likely N-dealkylation sites (N-methyl/N-ethyl adjacent to an activating group) is 1. The van der Waals surface area contributed by atoms with E-state index < -0.39 is 11.7 Å². The van der Waals surface area contributed by atoms with Gasteiger partial charge in [0.25, 0.3) is 5.91 Å². The number of methoxy groups -OCH3 is 1. The van der Waals surface area contributed by atoms with E-state index in [0.29, 0.717) is 29.5 Å². The first-order valence-corrected chi connectivity index (χ1v) is 10.8. The summed E-state index contributed by atoms with van der Waals surface area (Å²) in [5.41, 5.74) is 2.04. The molecule has 1 amide bonds. The maximum Gasteiger partial charge on any atom is 0.257 e. The van der Waals surface area contributed by atoms with Gasteiger partial charge in [-0.2, -0.15) is 0 Å². The number of amides is 1. The Morgan fingerprint density at radius 2 is 2.10 bits per heavy atom. The van der Waals surface area contributed by atoms with Crippen molar-refractivity contribution < 1.29 is 13.9 Å². The number of carbonyl (C=O) groups excluding carboxylic acids is 1. The average molecular weight is 458 g/mol. The van der Waals surface area contributed by atoms with Crippen LogP contribution >= 0.6 is 35.1 Å². The highest BCUT2D eigenvalue weighted by molar-refractivity contribution is 8.00. The molecule has 0 atom stereocenters. The molecule has 0 radical (unpaired) electrons. The lowest BCUT2D eigenvalue weighted by Gasteiger charge is -2.20. The maximum absolute atomic E-state index is 14.4. The number of nitrogens with zero attached hydrogens (tertiary/aromatic N) is 2. The van der Waals surface area contributed by atoms with Gasteiger partial charge in [0.05, 0.1) is 22.9 Å². The van der Waals surface area contributed by atoms with Crippen LogP contribution in [0.3, 0.4) is 0 Å². The van der Waals surface area contributed by atoms with Crippen molar-refractivity contribution in [1.29, 1.82) is 0 Å². The van der Waals surface area contributed by atoms with Gasteiger partial charge < -0.3 is 19.3 Å². The Balaban J connectivity index is 1.84. The predicted octanol–water partition coefficient (Wildman–Crippen LogP) is 5.33. The molecular formula is C20H22Cl2FN3O2S. The van der Waals surface area contributed by atoms with Crippen LogP contribution in [0.4, 0.5) is 21.5 Å². The molecule has 3 rings (SSSR count). The Hall–Kier alpha value is -1.67. The SMILES string of the molecule is COCCN(C)c1cc(Cl)cc(NC(=O)c2cc(N3CCCS3)cc(F)c2Cl)c1. The molecule has 1 aliphatic heterocycles. The van der Waals surface area contributed by atoms with E-state index in [4.69, 9.17) is 27.9 Å². The summed E-state index contributed by atoms with van der Waals surface area (Å²) in [7, 11) is 3.54. The predicted molar refractivity (Wildman–Crippen MR) is 120 cm³/mol. The van der Waals surface area contributed by atoms with Crippen molar-refractivity contribution >= 4 is 58.1 Å². The lowest BCUT2D eigenvalue weighted by Crippen LogP contribution is -2.22. The largest absolute Gasteiger partial charge is 0.383 e. The van der Waals surface area contributed by atoms with Crippen LogP contribution in [0.15, 0.2) is 30.3 Å². The normalized spacial score (nSPS) is 13.6. The molecule has 0 bridgehead atoms. The van der Waals surface area contributed by atoms with E-state index >= 15 is 0 Å². The summed E-state index contributed by atoms with van der Waals surface area (Å²) in [6.07, 6.45) is 1.01. The van der Waals surface area contributed by atoms with Gasteiger partial charge in [-0.3, -0.25) is 4.79 Å². The van der Waals surface area contributed by atoms with Gasteiger partial charge in [0, 0.05) is 49.4 Å². The quantitative estimate of drug-likeness (QED) is 0.569. The number of halogens is 3. The number of hydrogen-bond acceptors (Lipinski definition) is 5. The summed E-state index contributed by atoms with van der Waals surface area (Å²) < 4.78 is 21.4. The topological polar surface area (TPSA) is 44.8 Å². The molecule has 2 aromatic rings. The summed E-state index contributed by atoms with van der Waals surface area (Å²) in [4.78, 5) is 14.8. The number of carbonyl (C=O) groups is 1. The number of rotatable bonds is 7. The molecule has 9 heteroatoms. The minimum Gasteiger partial charge on any atom is -0.383 e. The molecule has 5 nitrogen and oxygen atoms in total. The summed E-state index contributed by atoms with van der Waals surface area (Å²) >= 11 is 13.9. The van der Waals surface area contributed by atoms with Crippen molar-refractivity contribution in [2.75, 3.05) is 54.1 Å². The summed E-state index contributed by atoms with van der Waals surface area (Å²) in [6, 6.07) is 8.21.